The number of amides is 1. The molecule has 100 valence electrons. The SMILES string of the molecule is CNC(=O)c1cccc(-c2ccn(S(N)(=O)=O)c2)c1. The number of benzene rings is 1. The van der Waals surface area contributed by atoms with Crippen LogP contribution in [0.5, 0.6) is 0 Å². The molecule has 0 aliphatic carbocycles. The summed E-state index contributed by atoms with van der Waals surface area (Å²) in [6, 6.07) is 8.50. The summed E-state index contributed by atoms with van der Waals surface area (Å²) in [5, 5.41) is 7.55. The van der Waals surface area contributed by atoms with Crippen molar-refractivity contribution < 1.29 is 13.2 Å². The number of aromatic nitrogens is 1. The van der Waals surface area contributed by atoms with Gasteiger partial charge in [-0.05, 0) is 23.8 Å². The van der Waals surface area contributed by atoms with E-state index in [-0.39, 0.29) is 5.91 Å². The van der Waals surface area contributed by atoms with E-state index in [1.165, 1.54) is 12.4 Å². The molecular formula is C12H13N3O3S. The third-order valence-corrected chi connectivity index (χ3v) is 3.46. The van der Waals surface area contributed by atoms with E-state index in [9.17, 15) is 13.2 Å². The van der Waals surface area contributed by atoms with Crippen LogP contribution in [0.15, 0.2) is 42.7 Å². The van der Waals surface area contributed by atoms with Gasteiger partial charge in [0.2, 0.25) is 0 Å². The molecule has 0 bridgehead atoms. The van der Waals surface area contributed by atoms with Gasteiger partial charge in [0.15, 0.2) is 0 Å². The summed E-state index contributed by atoms with van der Waals surface area (Å²) in [6.07, 6.45) is 2.76. The zero-order chi connectivity index (χ0) is 14.0. The number of nitrogens with zero attached hydrogens (tertiary/aromatic N) is 1. The zero-order valence-electron chi connectivity index (χ0n) is 10.2. The smallest absolute Gasteiger partial charge is 0.302 e. The molecule has 7 heteroatoms. The molecule has 0 saturated heterocycles. The van der Waals surface area contributed by atoms with Crippen LogP contribution in [0, 0.1) is 0 Å². The molecule has 2 aromatic rings. The number of carbonyl (C=O) groups excluding carboxylic acids is 1. The van der Waals surface area contributed by atoms with Crippen LogP contribution in [0.3, 0.4) is 0 Å². The van der Waals surface area contributed by atoms with Gasteiger partial charge in [-0.2, -0.15) is 8.42 Å². The topological polar surface area (TPSA) is 94.2 Å². The van der Waals surface area contributed by atoms with Crippen molar-refractivity contribution in [3.8, 4) is 11.1 Å². The van der Waals surface area contributed by atoms with Crippen molar-refractivity contribution in [3.63, 3.8) is 0 Å². The van der Waals surface area contributed by atoms with Crippen molar-refractivity contribution in [1.82, 2.24) is 9.29 Å². The maximum absolute atomic E-state index is 11.5. The number of carbonyl (C=O) groups is 1. The quantitative estimate of drug-likeness (QED) is 0.859. The van der Waals surface area contributed by atoms with Gasteiger partial charge in [-0.15, -0.1) is 0 Å². The highest BCUT2D eigenvalue weighted by Gasteiger charge is 2.09. The minimum atomic E-state index is -3.78. The summed E-state index contributed by atoms with van der Waals surface area (Å²) in [6.45, 7) is 0. The van der Waals surface area contributed by atoms with Crippen molar-refractivity contribution >= 4 is 16.1 Å². The van der Waals surface area contributed by atoms with E-state index in [0.717, 1.165) is 9.54 Å². The minimum absolute atomic E-state index is 0.201. The third-order valence-electron chi connectivity index (χ3n) is 2.65. The lowest BCUT2D eigenvalue weighted by molar-refractivity contribution is 0.0963. The van der Waals surface area contributed by atoms with Crippen LogP contribution >= 0.6 is 0 Å². The molecule has 0 atom stereocenters. The van der Waals surface area contributed by atoms with E-state index in [1.54, 1.807) is 37.4 Å². The summed E-state index contributed by atoms with van der Waals surface area (Å²) in [4.78, 5) is 11.5. The van der Waals surface area contributed by atoms with Crippen LogP contribution in [-0.2, 0) is 10.2 Å². The largest absolute Gasteiger partial charge is 0.355 e. The predicted molar refractivity (Wildman–Crippen MR) is 71.8 cm³/mol. The highest BCUT2D eigenvalue weighted by atomic mass is 32.2. The highest BCUT2D eigenvalue weighted by molar-refractivity contribution is 7.87. The molecule has 1 heterocycles. The molecule has 1 aromatic carbocycles. The Morgan fingerprint density at radius 3 is 2.58 bits per heavy atom. The normalized spacial score (nSPS) is 11.3. The molecular weight excluding hydrogens is 266 g/mol. The van der Waals surface area contributed by atoms with Crippen molar-refractivity contribution in [2.45, 2.75) is 0 Å². The fourth-order valence-electron chi connectivity index (χ4n) is 1.69. The van der Waals surface area contributed by atoms with E-state index in [2.05, 4.69) is 5.32 Å². The van der Waals surface area contributed by atoms with E-state index in [1.807, 2.05) is 0 Å². The Bertz CT molecular complexity index is 719. The van der Waals surface area contributed by atoms with Gasteiger partial charge in [-0.1, -0.05) is 12.1 Å². The van der Waals surface area contributed by atoms with Crippen LogP contribution < -0.4 is 10.5 Å². The van der Waals surface area contributed by atoms with Gasteiger partial charge in [0, 0.05) is 30.6 Å². The Morgan fingerprint density at radius 2 is 2.00 bits per heavy atom. The Morgan fingerprint density at radius 1 is 1.26 bits per heavy atom. The van der Waals surface area contributed by atoms with Gasteiger partial charge in [0.25, 0.3) is 5.91 Å². The molecule has 19 heavy (non-hydrogen) atoms. The van der Waals surface area contributed by atoms with Gasteiger partial charge in [0.05, 0.1) is 0 Å². The minimum Gasteiger partial charge on any atom is -0.355 e. The van der Waals surface area contributed by atoms with Crippen molar-refractivity contribution in [3.05, 3.63) is 48.3 Å². The van der Waals surface area contributed by atoms with Crippen molar-refractivity contribution in [2.75, 3.05) is 7.05 Å². The standard InChI is InChI=1S/C12H13N3O3S/c1-14-12(16)10-4-2-3-9(7-10)11-5-6-15(8-11)19(13,17)18/h2-8H,1H3,(H,14,16)(H2,13,17,18). The van der Waals surface area contributed by atoms with Gasteiger partial charge in [0.1, 0.15) is 0 Å². The second kappa shape index (κ2) is 4.87. The van der Waals surface area contributed by atoms with Crippen LogP contribution in [-0.4, -0.2) is 25.3 Å². The van der Waals surface area contributed by atoms with Crippen molar-refractivity contribution in [1.29, 1.82) is 0 Å². The molecule has 0 aliphatic heterocycles. The lowest BCUT2D eigenvalue weighted by atomic mass is 10.1. The number of hydrogen-bond acceptors (Lipinski definition) is 3. The van der Waals surface area contributed by atoms with E-state index in [4.69, 9.17) is 5.14 Å². The maximum Gasteiger partial charge on any atom is 0.302 e. The second-order valence-electron chi connectivity index (χ2n) is 3.93. The van der Waals surface area contributed by atoms with Crippen LogP contribution in [0.4, 0.5) is 0 Å². The van der Waals surface area contributed by atoms with E-state index < -0.39 is 10.2 Å². The summed E-state index contributed by atoms with van der Waals surface area (Å²) in [5.41, 5.74) is 1.91. The lowest BCUT2D eigenvalue weighted by Crippen LogP contribution is -2.19. The van der Waals surface area contributed by atoms with Gasteiger partial charge in [-0.3, -0.25) is 4.79 Å². The predicted octanol–water partition coefficient (Wildman–Crippen LogP) is 0.566. The molecule has 1 amide bonds. The van der Waals surface area contributed by atoms with Crippen LogP contribution in [0.25, 0.3) is 11.1 Å². The fraction of sp³-hybridized carbons (Fsp3) is 0.0833. The Balaban J connectivity index is 2.42. The summed E-state index contributed by atoms with van der Waals surface area (Å²) in [5.74, 6) is -0.201. The molecule has 1 aromatic heterocycles. The average molecular weight is 279 g/mol. The Hall–Kier alpha value is -2.12. The first-order chi connectivity index (χ1) is 8.91. The molecule has 0 unspecified atom stereocenters. The summed E-state index contributed by atoms with van der Waals surface area (Å²) < 4.78 is 23.3. The maximum atomic E-state index is 11.5. The average Bonchev–Trinajstić information content (AvgIpc) is 2.87. The third kappa shape index (κ3) is 2.83. The Kier molecular flexibility index (Phi) is 3.41. The molecule has 0 radical (unpaired) electrons. The molecule has 0 saturated carbocycles. The number of rotatable bonds is 3. The first kappa shape index (κ1) is 13.3. The van der Waals surface area contributed by atoms with Crippen molar-refractivity contribution in [2.24, 2.45) is 5.14 Å². The lowest BCUT2D eigenvalue weighted by Gasteiger charge is -2.03. The monoisotopic (exact) mass is 279 g/mol. The zero-order valence-corrected chi connectivity index (χ0v) is 11.0. The van der Waals surface area contributed by atoms with Gasteiger partial charge in [-0.25, -0.2) is 9.11 Å². The first-order valence-corrected chi connectivity index (χ1v) is 6.96. The van der Waals surface area contributed by atoms with E-state index in [0.29, 0.717) is 11.1 Å². The fourth-order valence-corrected chi connectivity index (χ4v) is 2.18. The number of nitrogens with two attached hydrogens (primary N) is 1. The van der Waals surface area contributed by atoms with Gasteiger partial charge < -0.3 is 5.32 Å². The molecule has 6 nitrogen and oxygen atoms in total. The number of nitrogens with one attached hydrogen (secondary N) is 1. The Labute approximate surface area is 111 Å². The molecule has 2 rings (SSSR count). The molecule has 0 spiro atoms. The van der Waals surface area contributed by atoms with E-state index >= 15 is 0 Å². The van der Waals surface area contributed by atoms with Crippen LogP contribution in [0.2, 0.25) is 0 Å². The number of hydrogen-bond donors (Lipinski definition) is 2. The summed E-state index contributed by atoms with van der Waals surface area (Å²) in [7, 11) is -2.24. The molecule has 0 aliphatic rings. The molecule has 3 N–H and O–H groups in total. The van der Waals surface area contributed by atoms with Crippen LogP contribution in [0.1, 0.15) is 10.4 Å². The first-order valence-electron chi connectivity index (χ1n) is 5.45. The highest BCUT2D eigenvalue weighted by Crippen LogP contribution is 2.21. The molecule has 0 fully saturated rings. The second-order valence-corrected chi connectivity index (χ2v) is 5.39. The van der Waals surface area contributed by atoms with Gasteiger partial charge >= 0.3 is 10.2 Å². The summed E-state index contributed by atoms with van der Waals surface area (Å²) >= 11 is 0.